The van der Waals surface area contributed by atoms with Gasteiger partial charge in [0, 0.05) is 17.4 Å². The van der Waals surface area contributed by atoms with E-state index in [4.69, 9.17) is 9.84 Å². The van der Waals surface area contributed by atoms with Gasteiger partial charge < -0.3 is 14.7 Å². The van der Waals surface area contributed by atoms with E-state index in [0.717, 1.165) is 0 Å². The molecule has 1 aliphatic rings. The second kappa shape index (κ2) is 5.56. The number of hydrogen-bond donors (Lipinski definition) is 1. The first-order valence-electron chi connectivity index (χ1n) is 5.59. The van der Waals surface area contributed by atoms with Gasteiger partial charge in [0.15, 0.2) is 17.7 Å². The third-order valence-corrected chi connectivity index (χ3v) is 3.23. The Bertz CT molecular complexity index is 522. The lowest BCUT2D eigenvalue weighted by Crippen LogP contribution is -2.35. The molecule has 102 valence electrons. The van der Waals surface area contributed by atoms with Crippen LogP contribution in [0, 0.1) is 5.82 Å². The molecule has 0 aromatic heterocycles. The molecule has 1 aliphatic heterocycles. The molecule has 7 heteroatoms. The van der Waals surface area contributed by atoms with Gasteiger partial charge in [-0.05, 0) is 18.2 Å². The van der Waals surface area contributed by atoms with Crippen LogP contribution >= 0.6 is 15.9 Å². The zero-order valence-electron chi connectivity index (χ0n) is 9.81. The molecule has 0 bridgehead atoms. The predicted octanol–water partition coefficient (Wildman–Crippen LogP) is 1.65. The largest absolute Gasteiger partial charge is 0.480 e. The maximum absolute atomic E-state index is 13.6. The highest BCUT2D eigenvalue weighted by atomic mass is 79.9. The van der Waals surface area contributed by atoms with Crippen molar-refractivity contribution in [2.45, 2.75) is 12.5 Å². The summed E-state index contributed by atoms with van der Waals surface area (Å²) in [6.07, 6.45) is -0.475. The Kier molecular flexibility index (Phi) is 4.04. The molecule has 1 atom stereocenters. The van der Waals surface area contributed by atoms with Gasteiger partial charge in [-0.25, -0.2) is 4.39 Å². The van der Waals surface area contributed by atoms with Crippen LogP contribution < -0.4 is 4.74 Å². The number of carboxylic acid groups (broad SMARTS) is 1. The number of rotatable bonds is 4. The third kappa shape index (κ3) is 3.23. The van der Waals surface area contributed by atoms with E-state index in [-0.39, 0.29) is 12.3 Å². The molecule has 1 fully saturated rings. The van der Waals surface area contributed by atoms with Crippen molar-refractivity contribution in [3.8, 4) is 5.75 Å². The third-order valence-electron chi connectivity index (χ3n) is 2.74. The van der Waals surface area contributed by atoms with Crippen LogP contribution in [0.25, 0.3) is 0 Å². The van der Waals surface area contributed by atoms with Crippen molar-refractivity contribution >= 4 is 27.8 Å². The molecule has 1 N–H and O–H groups in total. The Morgan fingerprint density at radius 2 is 2.32 bits per heavy atom. The van der Waals surface area contributed by atoms with Crippen molar-refractivity contribution in [3.05, 3.63) is 28.5 Å². The lowest BCUT2D eigenvalue weighted by atomic mass is 10.3. The van der Waals surface area contributed by atoms with Gasteiger partial charge in [0.2, 0.25) is 0 Å². The minimum Gasteiger partial charge on any atom is -0.480 e. The number of amides is 1. The lowest BCUT2D eigenvalue weighted by Gasteiger charge is -2.15. The molecule has 19 heavy (non-hydrogen) atoms. The number of carboxylic acids is 1. The number of benzene rings is 1. The van der Waals surface area contributed by atoms with E-state index in [1.807, 2.05) is 0 Å². The van der Waals surface area contributed by atoms with Crippen molar-refractivity contribution in [2.75, 3.05) is 13.1 Å². The molecular formula is C12H11BrFNO4. The molecule has 1 saturated heterocycles. The van der Waals surface area contributed by atoms with E-state index in [1.54, 1.807) is 6.07 Å². The first kappa shape index (κ1) is 13.8. The SMILES string of the molecule is O=C(O)CN1CCC(Oc2ccc(Br)cc2F)C1=O. The summed E-state index contributed by atoms with van der Waals surface area (Å²) < 4.78 is 19.4. The number of ether oxygens (including phenoxy) is 1. The zero-order chi connectivity index (χ0) is 14.0. The van der Waals surface area contributed by atoms with Crippen molar-refractivity contribution in [1.29, 1.82) is 0 Å². The normalized spacial score (nSPS) is 18.7. The van der Waals surface area contributed by atoms with E-state index in [9.17, 15) is 14.0 Å². The van der Waals surface area contributed by atoms with Gasteiger partial charge in [0.1, 0.15) is 6.54 Å². The smallest absolute Gasteiger partial charge is 0.323 e. The molecule has 0 radical (unpaired) electrons. The molecular weight excluding hydrogens is 321 g/mol. The summed E-state index contributed by atoms with van der Waals surface area (Å²) in [6.45, 7) is -0.0601. The molecule has 2 rings (SSSR count). The number of carbonyl (C=O) groups is 2. The summed E-state index contributed by atoms with van der Waals surface area (Å²) in [6, 6.07) is 4.27. The molecule has 0 spiro atoms. The molecule has 1 aromatic carbocycles. The molecule has 5 nitrogen and oxygen atoms in total. The van der Waals surface area contributed by atoms with E-state index in [1.165, 1.54) is 17.0 Å². The van der Waals surface area contributed by atoms with E-state index >= 15 is 0 Å². The molecule has 1 heterocycles. The number of likely N-dealkylation sites (tertiary alicyclic amines) is 1. The van der Waals surface area contributed by atoms with Crippen LogP contribution in [0.4, 0.5) is 4.39 Å². The van der Waals surface area contributed by atoms with Crippen LogP contribution in [0.5, 0.6) is 5.75 Å². The number of aliphatic carboxylic acids is 1. The summed E-state index contributed by atoms with van der Waals surface area (Å²) in [5.74, 6) is -2.09. The molecule has 0 aliphatic carbocycles. The molecule has 1 amide bonds. The average Bonchev–Trinajstić information content (AvgIpc) is 2.64. The quantitative estimate of drug-likeness (QED) is 0.911. The number of nitrogens with zero attached hydrogens (tertiary/aromatic N) is 1. The standard InChI is InChI=1S/C12H11BrFNO4/c13-7-1-2-9(8(14)5-7)19-10-3-4-15(12(10)18)6-11(16)17/h1-2,5,10H,3-4,6H2,(H,16,17). The Labute approximate surface area is 117 Å². The van der Waals surface area contributed by atoms with Crippen molar-refractivity contribution in [1.82, 2.24) is 4.90 Å². The van der Waals surface area contributed by atoms with Gasteiger partial charge in [-0.3, -0.25) is 9.59 Å². The van der Waals surface area contributed by atoms with Crippen molar-refractivity contribution in [2.24, 2.45) is 0 Å². The Balaban J connectivity index is 2.04. The van der Waals surface area contributed by atoms with E-state index in [0.29, 0.717) is 17.4 Å². The van der Waals surface area contributed by atoms with Gasteiger partial charge in [-0.1, -0.05) is 15.9 Å². The topological polar surface area (TPSA) is 66.8 Å². The maximum atomic E-state index is 13.6. The minimum atomic E-state index is -1.08. The van der Waals surface area contributed by atoms with Crippen molar-refractivity contribution in [3.63, 3.8) is 0 Å². The summed E-state index contributed by atoms with van der Waals surface area (Å²) >= 11 is 3.12. The molecule has 1 aromatic rings. The first-order valence-corrected chi connectivity index (χ1v) is 6.39. The van der Waals surface area contributed by atoms with Crippen LogP contribution in [0.15, 0.2) is 22.7 Å². The second-order valence-electron chi connectivity index (χ2n) is 4.12. The second-order valence-corrected chi connectivity index (χ2v) is 5.04. The first-order chi connectivity index (χ1) is 8.97. The summed E-state index contributed by atoms with van der Waals surface area (Å²) in [5.41, 5.74) is 0. The fourth-order valence-electron chi connectivity index (χ4n) is 1.86. The highest BCUT2D eigenvalue weighted by molar-refractivity contribution is 9.10. The van der Waals surface area contributed by atoms with E-state index in [2.05, 4.69) is 15.9 Å². The highest BCUT2D eigenvalue weighted by Gasteiger charge is 2.34. The predicted molar refractivity (Wildman–Crippen MR) is 67.3 cm³/mol. The van der Waals surface area contributed by atoms with Gasteiger partial charge in [-0.2, -0.15) is 0 Å². The Morgan fingerprint density at radius 1 is 1.58 bits per heavy atom. The van der Waals surface area contributed by atoms with Gasteiger partial charge in [0.25, 0.3) is 5.91 Å². The van der Waals surface area contributed by atoms with Gasteiger partial charge in [0.05, 0.1) is 0 Å². The van der Waals surface area contributed by atoms with Gasteiger partial charge in [-0.15, -0.1) is 0 Å². The van der Waals surface area contributed by atoms with Crippen LogP contribution in [0.3, 0.4) is 0 Å². The molecule has 1 unspecified atom stereocenters. The highest BCUT2D eigenvalue weighted by Crippen LogP contribution is 2.25. The van der Waals surface area contributed by atoms with Gasteiger partial charge >= 0.3 is 5.97 Å². The number of halogens is 2. The van der Waals surface area contributed by atoms with Crippen LogP contribution in [-0.2, 0) is 9.59 Å². The fraction of sp³-hybridized carbons (Fsp3) is 0.333. The monoisotopic (exact) mass is 331 g/mol. The number of hydrogen-bond acceptors (Lipinski definition) is 3. The van der Waals surface area contributed by atoms with E-state index < -0.39 is 23.8 Å². The van der Waals surface area contributed by atoms with Crippen LogP contribution in [0.1, 0.15) is 6.42 Å². The summed E-state index contributed by atoms with van der Waals surface area (Å²) in [4.78, 5) is 23.6. The minimum absolute atomic E-state index is 0.0151. The molecule has 0 saturated carbocycles. The van der Waals surface area contributed by atoms with Crippen LogP contribution in [0.2, 0.25) is 0 Å². The fourth-order valence-corrected chi connectivity index (χ4v) is 2.20. The summed E-state index contributed by atoms with van der Waals surface area (Å²) in [7, 11) is 0. The zero-order valence-corrected chi connectivity index (χ0v) is 11.4. The maximum Gasteiger partial charge on any atom is 0.323 e. The lowest BCUT2D eigenvalue weighted by molar-refractivity contribution is -0.144. The Hall–Kier alpha value is -1.63. The Morgan fingerprint density at radius 3 is 2.95 bits per heavy atom. The average molecular weight is 332 g/mol. The van der Waals surface area contributed by atoms with Crippen LogP contribution in [-0.4, -0.2) is 41.1 Å². The van der Waals surface area contributed by atoms with Crippen molar-refractivity contribution < 1.29 is 23.8 Å². The summed E-state index contributed by atoms with van der Waals surface area (Å²) in [5, 5.41) is 8.64. The number of carbonyl (C=O) groups excluding carboxylic acids is 1.